The van der Waals surface area contributed by atoms with Crippen LogP contribution in [0.3, 0.4) is 0 Å². The molecule has 0 spiro atoms. The lowest BCUT2D eigenvalue weighted by Crippen LogP contribution is -2.43. The minimum absolute atomic E-state index is 0.161. The number of aromatic nitrogens is 1. The highest BCUT2D eigenvalue weighted by atomic mass is 35.5. The maximum absolute atomic E-state index is 12.6. The fourth-order valence-corrected chi connectivity index (χ4v) is 3.77. The second-order valence-electron chi connectivity index (χ2n) is 6.17. The van der Waals surface area contributed by atoms with Gasteiger partial charge in [0.2, 0.25) is 0 Å². The molecule has 3 rings (SSSR count). The van der Waals surface area contributed by atoms with Crippen molar-refractivity contribution < 1.29 is 14.7 Å². The molecule has 1 aromatic heterocycles. The van der Waals surface area contributed by atoms with Crippen molar-refractivity contribution in [2.75, 3.05) is 4.90 Å². The molecule has 2 aliphatic rings. The fourth-order valence-electron chi connectivity index (χ4n) is 3.65. The van der Waals surface area contributed by atoms with E-state index in [1.54, 1.807) is 12.1 Å². The molecule has 1 aliphatic heterocycles. The number of carbonyl (C=O) groups excluding carboxylic acids is 2. The Morgan fingerprint density at radius 2 is 2.00 bits per heavy atom. The van der Waals surface area contributed by atoms with Crippen LogP contribution in [0.15, 0.2) is 29.7 Å². The second-order valence-corrected chi connectivity index (χ2v) is 6.61. The van der Waals surface area contributed by atoms with Crippen LogP contribution < -0.4 is 4.90 Å². The smallest absolute Gasteiger partial charge is 0.295 e. The summed E-state index contributed by atoms with van der Waals surface area (Å²) >= 11 is 5.87. The maximum Gasteiger partial charge on any atom is 0.295 e. The molecule has 1 saturated carbocycles. The first-order chi connectivity index (χ1) is 11.0. The highest BCUT2D eigenvalue weighted by Crippen LogP contribution is 2.39. The van der Waals surface area contributed by atoms with E-state index in [1.165, 1.54) is 24.4 Å². The number of Topliss-reactive ketones (excluding diaryl/α,β-unsaturated/α-hetero) is 1. The predicted octanol–water partition coefficient (Wildman–Crippen LogP) is 3.43. The van der Waals surface area contributed by atoms with E-state index in [4.69, 9.17) is 11.6 Å². The predicted molar refractivity (Wildman–Crippen MR) is 87.4 cm³/mol. The lowest BCUT2D eigenvalue weighted by Gasteiger charge is -2.34. The highest BCUT2D eigenvalue weighted by Gasteiger charge is 2.46. The number of rotatable bonds is 3. The summed E-state index contributed by atoms with van der Waals surface area (Å²) < 4.78 is 0. The average molecular weight is 335 g/mol. The molecule has 0 radical (unpaired) electrons. The quantitative estimate of drug-likeness (QED) is 0.919. The third kappa shape index (κ3) is 2.85. The molecule has 1 aliphatic carbocycles. The Hall–Kier alpha value is -1.88. The van der Waals surface area contributed by atoms with Crippen LogP contribution in [0.1, 0.15) is 39.0 Å². The van der Waals surface area contributed by atoms with Crippen molar-refractivity contribution in [1.29, 1.82) is 0 Å². The molecule has 122 valence electrons. The number of aliphatic hydroxyl groups is 1. The van der Waals surface area contributed by atoms with Crippen LogP contribution >= 0.6 is 11.6 Å². The third-order valence-corrected chi connectivity index (χ3v) is 4.91. The first-order valence-electron chi connectivity index (χ1n) is 7.90. The van der Waals surface area contributed by atoms with E-state index in [1.807, 2.05) is 0 Å². The molecule has 2 heterocycles. The van der Waals surface area contributed by atoms with Crippen molar-refractivity contribution >= 4 is 29.1 Å². The molecule has 5 nitrogen and oxygen atoms in total. The van der Waals surface area contributed by atoms with Crippen LogP contribution in [-0.4, -0.2) is 27.8 Å². The van der Waals surface area contributed by atoms with Crippen molar-refractivity contribution in [2.24, 2.45) is 5.92 Å². The van der Waals surface area contributed by atoms with Gasteiger partial charge in [-0.3, -0.25) is 14.5 Å². The Bertz CT molecular complexity index is 663. The normalized spacial score (nSPS) is 22.8. The minimum Gasteiger partial charge on any atom is -0.503 e. The SMILES string of the molecule is CC(=O)C1=C(O)C(=O)N(c2ccc(Cl)cn2)C1C1CCCCC1. The Balaban J connectivity index is 2.04. The van der Waals surface area contributed by atoms with Gasteiger partial charge in [0.15, 0.2) is 11.5 Å². The fraction of sp³-hybridized carbons (Fsp3) is 0.471. The van der Waals surface area contributed by atoms with E-state index in [9.17, 15) is 14.7 Å². The van der Waals surface area contributed by atoms with Gasteiger partial charge in [0, 0.05) is 6.20 Å². The number of pyridine rings is 1. The third-order valence-electron chi connectivity index (χ3n) is 4.68. The molecular formula is C17H19ClN2O3. The number of amides is 1. The van der Waals surface area contributed by atoms with Gasteiger partial charge in [0.25, 0.3) is 5.91 Å². The zero-order chi connectivity index (χ0) is 16.6. The van der Waals surface area contributed by atoms with Crippen LogP contribution in [0.5, 0.6) is 0 Å². The molecule has 1 atom stereocenters. The standard InChI is InChI=1S/C17H19ClN2O3/c1-10(21)14-15(11-5-3-2-4-6-11)20(17(23)16(14)22)13-8-7-12(18)9-19-13/h7-9,11,15,22H,2-6H2,1H3. The van der Waals surface area contributed by atoms with Gasteiger partial charge in [-0.2, -0.15) is 0 Å². The first-order valence-corrected chi connectivity index (χ1v) is 8.27. The average Bonchev–Trinajstić information content (AvgIpc) is 2.81. The molecule has 6 heteroatoms. The number of halogens is 1. The molecule has 1 aromatic rings. The Kier molecular flexibility index (Phi) is 4.39. The molecule has 1 fully saturated rings. The summed E-state index contributed by atoms with van der Waals surface area (Å²) in [6.45, 7) is 1.40. The van der Waals surface area contributed by atoms with Crippen molar-refractivity contribution in [3.05, 3.63) is 34.7 Å². The number of anilines is 1. The highest BCUT2D eigenvalue weighted by molar-refractivity contribution is 6.30. The van der Waals surface area contributed by atoms with Gasteiger partial charge in [-0.15, -0.1) is 0 Å². The summed E-state index contributed by atoms with van der Waals surface area (Å²) in [6, 6.07) is 2.86. The lowest BCUT2D eigenvalue weighted by atomic mass is 9.80. The van der Waals surface area contributed by atoms with Crippen molar-refractivity contribution in [1.82, 2.24) is 4.98 Å². The van der Waals surface area contributed by atoms with Crippen LogP contribution in [0, 0.1) is 5.92 Å². The summed E-state index contributed by atoms with van der Waals surface area (Å²) in [4.78, 5) is 30.3. The van der Waals surface area contributed by atoms with Gasteiger partial charge < -0.3 is 5.11 Å². The molecule has 23 heavy (non-hydrogen) atoms. The number of hydrogen-bond acceptors (Lipinski definition) is 4. The van der Waals surface area contributed by atoms with E-state index in [0.29, 0.717) is 10.8 Å². The Morgan fingerprint density at radius 3 is 2.57 bits per heavy atom. The second kappa shape index (κ2) is 6.32. The van der Waals surface area contributed by atoms with Crippen molar-refractivity contribution in [3.8, 4) is 0 Å². The van der Waals surface area contributed by atoms with Crippen LogP contribution in [0.4, 0.5) is 5.82 Å². The van der Waals surface area contributed by atoms with Gasteiger partial charge in [-0.1, -0.05) is 30.9 Å². The van der Waals surface area contributed by atoms with E-state index >= 15 is 0 Å². The summed E-state index contributed by atoms with van der Waals surface area (Å²) in [6.07, 6.45) is 6.65. The first kappa shape index (κ1) is 16.0. The zero-order valence-electron chi connectivity index (χ0n) is 13.0. The lowest BCUT2D eigenvalue weighted by molar-refractivity contribution is -0.117. The largest absolute Gasteiger partial charge is 0.503 e. The Morgan fingerprint density at radius 1 is 1.30 bits per heavy atom. The molecule has 0 bridgehead atoms. The summed E-state index contributed by atoms with van der Waals surface area (Å²) in [5, 5.41) is 10.7. The van der Waals surface area contributed by atoms with Crippen LogP contribution in [0.2, 0.25) is 5.02 Å². The Labute approximate surface area is 140 Å². The van der Waals surface area contributed by atoms with Gasteiger partial charge in [-0.25, -0.2) is 4.98 Å². The number of ketones is 1. The molecule has 0 saturated heterocycles. The van der Waals surface area contributed by atoms with Gasteiger partial charge in [0.1, 0.15) is 5.82 Å². The molecule has 1 N–H and O–H groups in total. The molecular weight excluding hydrogens is 316 g/mol. The topological polar surface area (TPSA) is 70.5 Å². The van der Waals surface area contributed by atoms with E-state index in [-0.39, 0.29) is 17.3 Å². The van der Waals surface area contributed by atoms with E-state index in [0.717, 1.165) is 25.7 Å². The summed E-state index contributed by atoms with van der Waals surface area (Å²) in [7, 11) is 0. The van der Waals surface area contributed by atoms with E-state index < -0.39 is 17.7 Å². The number of hydrogen-bond donors (Lipinski definition) is 1. The minimum atomic E-state index is -0.555. The monoisotopic (exact) mass is 334 g/mol. The number of aliphatic hydroxyl groups excluding tert-OH is 1. The van der Waals surface area contributed by atoms with Gasteiger partial charge in [0.05, 0.1) is 16.6 Å². The molecule has 1 amide bonds. The van der Waals surface area contributed by atoms with Crippen LogP contribution in [0.25, 0.3) is 0 Å². The molecule has 1 unspecified atom stereocenters. The van der Waals surface area contributed by atoms with Gasteiger partial charge >= 0.3 is 0 Å². The molecule has 0 aromatic carbocycles. The van der Waals surface area contributed by atoms with Crippen LogP contribution in [-0.2, 0) is 9.59 Å². The van der Waals surface area contributed by atoms with Crippen molar-refractivity contribution in [3.63, 3.8) is 0 Å². The number of carbonyl (C=O) groups is 2. The maximum atomic E-state index is 12.6. The van der Waals surface area contributed by atoms with Gasteiger partial charge in [-0.05, 0) is 37.8 Å². The number of nitrogens with zero attached hydrogens (tertiary/aromatic N) is 2. The summed E-state index contributed by atoms with van der Waals surface area (Å²) in [5.41, 5.74) is 0.221. The van der Waals surface area contributed by atoms with Crippen molar-refractivity contribution in [2.45, 2.75) is 45.1 Å². The summed E-state index contributed by atoms with van der Waals surface area (Å²) in [5.74, 6) is -0.681. The zero-order valence-corrected chi connectivity index (χ0v) is 13.7. The van der Waals surface area contributed by atoms with E-state index in [2.05, 4.69) is 4.98 Å².